The van der Waals surface area contributed by atoms with Crippen LogP contribution in [0.2, 0.25) is 10.0 Å². The van der Waals surface area contributed by atoms with E-state index in [0.717, 1.165) is 22.6 Å². The van der Waals surface area contributed by atoms with Crippen molar-refractivity contribution in [2.75, 3.05) is 25.5 Å². The summed E-state index contributed by atoms with van der Waals surface area (Å²) in [4.78, 5) is 25.8. The molecular formula is C26H27Cl2N3O3. The second-order valence-electron chi connectivity index (χ2n) is 7.79. The van der Waals surface area contributed by atoms with E-state index in [1.54, 1.807) is 37.4 Å². The topological polar surface area (TPSA) is 79.5 Å². The monoisotopic (exact) mass is 499 g/mol. The zero-order chi connectivity index (χ0) is 24.5. The van der Waals surface area contributed by atoms with Crippen molar-refractivity contribution < 1.29 is 14.3 Å². The first-order valence-electron chi connectivity index (χ1n) is 10.8. The highest BCUT2D eigenvalue weighted by Gasteiger charge is 2.22. The van der Waals surface area contributed by atoms with Crippen LogP contribution in [0.15, 0.2) is 66.7 Å². The molecule has 34 heavy (non-hydrogen) atoms. The van der Waals surface area contributed by atoms with Gasteiger partial charge < -0.3 is 20.7 Å². The van der Waals surface area contributed by atoms with E-state index in [0.29, 0.717) is 28.7 Å². The van der Waals surface area contributed by atoms with E-state index in [1.807, 2.05) is 43.3 Å². The molecule has 3 aromatic rings. The van der Waals surface area contributed by atoms with Crippen molar-refractivity contribution >= 4 is 40.7 Å². The highest BCUT2D eigenvalue weighted by atomic mass is 35.5. The molecule has 0 spiro atoms. The normalized spacial score (nSPS) is 11.4. The van der Waals surface area contributed by atoms with Gasteiger partial charge in [0.2, 0.25) is 5.91 Å². The van der Waals surface area contributed by atoms with E-state index in [2.05, 4.69) is 16.0 Å². The molecule has 178 valence electrons. The molecule has 2 amide bonds. The average molecular weight is 500 g/mol. The number of carbonyl (C=O) groups excluding carboxylic acids is 2. The van der Waals surface area contributed by atoms with E-state index in [-0.39, 0.29) is 18.2 Å². The summed E-state index contributed by atoms with van der Waals surface area (Å²) in [7, 11) is 1.62. The summed E-state index contributed by atoms with van der Waals surface area (Å²) >= 11 is 12.2. The largest absolute Gasteiger partial charge is 0.497 e. The SMILES string of the molecule is COc1ccc(NCCNC(=O)[C@H](Cc2ccc(Cl)c(Cl)c2)NC(=O)c2cccc(C)c2)cc1. The van der Waals surface area contributed by atoms with Gasteiger partial charge in [0.25, 0.3) is 5.91 Å². The van der Waals surface area contributed by atoms with Gasteiger partial charge >= 0.3 is 0 Å². The lowest BCUT2D eigenvalue weighted by Crippen LogP contribution is -2.48. The quantitative estimate of drug-likeness (QED) is 0.347. The van der Waals surface area contributed by atoms with Gasteiger partial charge in [0.1, 0.15) is 11.8 Å². The van der Waals surface area contributed by atoms with Crippen LogP contribution in [-0.4, -0.2) is 38.1 Å². The molecule has 0 fully saturated rings. The number of hydrogen-bond acceptors (Lipinski definition) is 4. The van der Waals surface area contributed by atoms with Crippen LogP contribution in [0.1, 0.15) is 21.5 Å². The summed E-state index contributed by atoms with van der Waals surface area (Å²) in [5, 5.41) is 9.81. The fourth-order valence-electron chi connectivity index (χ4n) is 3.36. The summed E-state index contributed by atoms with van der Waals surface area (Å²) in [6.45, 7) is 2.80. The number of benzene rings is 3. The maximum atomic E-state index is 13.0. The van der Waals surface area contributed by atoms with Crippen molar-refractivity contribution in [2.24, 2.45) is 0 Å². The van der Waals surface area contributed by atoms with Gasteiger partial charge in [-0.1, -0.05) is 47.0 Å². The van der Waals surface area contributed by atoms with Gasteiger partial charge in [-0.2, -0.15) is 0 Å². The van der Waals surface area contributed by atoms with Crippen molar-refractivity contribution in [1.82, 2.24) is 10.6 Å². The third-order valence-corrected chi connectivity index (χ3v) is 5.91. The Morgan fingerprint density at radius 3 is 2.38 bits per heavy atom. The van der Waals surface area contributed by atoms with Crippen LogP contribution >= 0.6 is 23.2 Å². The number of anilines is 1. The van der Waals surface area contributed by atoms with Crippen LogP contribution < -0.4 is 20.7 Å². The molecule has 8 heteroatoms. The minimum atomic E-state index is -0.786. The maximum absolute atomic E-state index is 13.0. The number of aryl methyl sites for hydroxylation is 1. The molecule has 0 heterocycles. The molecule has 3 rings (SSSR count). The first-order chi connectivity index (χ1) is 16.4. The molecule has 3 N–H and O–H groups in total. The molecule has 0 aliphatic heterocycles. The van der Waals surface area contributed by atoms with Crippen molar-refractivity contribution in [3.05, 3.63) is 93.5 Å². The third-order valence-electron chi connectivity index (χ3n) is 5.17. The van der Waals surface area contributed by atoms with Crippen LogP contribution in [0, 0.1) is 6.92 Å². The molecule has 0 saturated heterocycles. The fraction of sp³-hybridized carbons (Fsp3) is 0.231. The Kier molecular flexibility index (Phi) is 9.19. The van der Waals surface area contributed by atoms with Crippen LogP contribution in [0.25, 0.3) is 0 Å². The first-order valence-corrected chi connectivity index (χ1v) is 11.6. The number of halogens is 2. The Hall–Kier alpha value is -3.22. The highest BCUT2D eigenvalue weighted by Crippen LogP contribution is 2.23. The lowest BCUT2D eigenvalue weighted by molar-refractivity contribution is -0.122. The minimum absolute atomic E-state index is 0.270. The van der Waals surface area contributed by atoms with E-state index in [9.17, 15) is 9.59 Å². The van der Waals surface area contributed by atoms with Crippen molar-refractivity contribution in [1.29, 1.82) is 0 Å². The number of nitrogens with one attached hydrogen (secondary N) is 3. The molecular weight excluding hydrogens is 473 g/mol. The lowest BCUT2D eigenvalue weighted by atomic mass is 10.0. The van der Waals surface area contributed by atoms with Crippen LogP contribution in [0.4, 0.5) is 5.69 Å². The summed E-state index contributed by atoms with van der Waals surface area (Å²) in [5.41, 5.74) is 3.15. The molecule has 0 aliphatic rings. The molecule has 3 aromatic carbocycles. The van der Waals surface area contributed by atoms with E-state index in [4.69, 9.17) is 27.9 Å². The number of ether oxygens (including phenoxy) is 1. The second-order valence-corrected chi connectivity index (χ2v) is 8.61. The maximum Gasteiger partial charge on any atom is 0.251 e. The summed E-state index contributed by atoms with van der Waals surface area (Å²) < 4.78 is 5.15. The van der Waals surface area contributed by atoms with Gasteiger partial charge in [0, 0.05) is 30.8 Å². The molecule has 0 aliphatic carbocycles. The second kappa shape index (κ2) is 12.3. The number of rotatable bonds is 10. The zero-order valence-electron chi connectivity index (χ0n) is 19.0. The summed E-state index contributed by atoms with van der Waals surface area (Å²) in [6.07, 6.45) is 0.270. The van der Waals surface area contributed by atoms with Gasteiger partial charge in [-0.3, -0.25) is 9.59 Å². The van der Waals surface area contributed by atoms with E-state index in [1.165, 1.54) is 0 Å². The van der Waals surface area contributed by atoms with Gasteiger partial charge in [0.15, 0.2) is 0 Å². The van der Waals surface area contributed by atoms with Crippen molar-refractivity contribution in [3.8, 4) is 5.75 Å². The van der Waals surface area contributed by atoms with Crippen molar-refractivity contribution in [2.45, 2.75) is 19.4 Å². The molecule has 0 unspecified atom stereocenters. The van der Waals surface area contributed by atoms with E-state index >= 15 is 0 Å². The predicted molar refractivity (Wildman–Crippen MR) is 137 cm³/mol. The molecule has 0 aromatic heterocycles. The Morgan fingerprint density at radius 1 is 0.941 bits per heavy atom. The molecule has 0 saturated carbocycles. The Labute approximate surface area is 209 Å². The van der Waals surface area contributed by atoms with Crippen LogP contribution in [0.5, 0.6) is 5.75 Å². The molecule has 6 nitrogen and oxygen atoms in total. The van der Waals surface area contributed by atoms with Crippen LogP contribution in [-0.2, 0) is 11.2 Å². The smallest absolute Gasteiger partial charge is 0.251 e. The van der Waals surface area contributed by atoms with Crippen LogP contribution in [0.3, 0.4) is 0 Å². The lowest BCUT2D eigenvalue weighted by Gasteiger charge is -2.19. The first kappa shape index (κ1) is 25.4. The van der Waals surface area contributed by atoms with E-state index < -0.39 is 6.04 Å². The van der Waals surface area contributed by atoms with Gasteiger partial charge in [-0.05, 0) is 61.0 Å². The number of amides is 2. The molecule has 0 radical (unpaired) electrons. The summed E-state index contributed by atoms with van der Waals surface area (Å²) in [5.74, 6) is 0.164. The zero-order valence-corrected chi connectivity index (χ0v) is 20.5. The number of methoxy groups -OCH3 is 1. The molecule has 1 atom stereocenters. The minimum Gasteiger partial charge on any atom is -0.497 e. The Balaban J connectivity index is 1.63. The van der Waals surface area contributed by atoms with Crippen molar-refractivity contribution in [3.63, 3.8) is 0 Å². The third kappa shape index (κ3) is 7.40. The van der Waals surface area contributed by atoms with Gasteiger partial charge in [-0.25, -0.2) is 0 Å². The number of hydrogen-bond donors (Lipinski definition) is 3. The highest BCUT2D eigenvalue weighted by molar-refractivity contribution is 6.42. The Morgan fingerprint density at radius 2 is 1.71 bits per heavy atom. The molecule has 0 bridgehead atoms. The van der Waals surface area contributed by atoms with Gasteiger partial charge in [0.05, 0.1) is 17.2 Å². The fourth-order valence-corrected chi connectivity index (χ4v) is 3.68. The standard InChI is InChI=1S/C26H27Cl2N3O3/c1-17-4-3-5-19(14-17)25(32)31-24(16-18-6-11-22(27)23(28)15-18)26(33)30-13-12-29-20-7-9-21(34-2)10-8-20/h3-11,14-15,24,29H,12-13,16H2,1-2H3,(H,30,33)(H,31,32)/t24-/m0/s1. The predicted octanol–water partition coefficient (Wildman–Crippen LogP) is 4.88. The average Bonchev–Trinajstić information content (AvgIpc) is 2.84. The Bertz CT molecular complexity index is 1140. The number of carbonyl (C=O) groups is 2. The summed E-state index contributed by atoms with van der Waals surface area (Å²) in [6, 6.07) is 19.1. The van der Waals surface area contributed by atoms with Gasteiger partial charge in [-0.15, -0.1) is 0 Å².